The van der Waals surface area contributed by atoms with Gasteiger partial charge in [-0.2, -0.15) is 0 Å². The van der Waals surface area contributed by atoms with Crippen LogP contribution in [0.3, 0.4) is 0 Å². The van der Waals surface area contributed by atoms with E-state index in [9.17, 15) is 19.7 Å². The van der Waals surface area contributed by atoms with E-state index in [4.69, 9.17) is 9.47 Å². The Morgan fingerprint density at radius 3 is 2.69 bits per heavy atom. The number of ether oxygens (including phenoxy) is 2. The molecule has 9 heteroatoms. The minimum Gasteiger partial charge on any atom is -0.496 e. The summed E-state index contributed by atoms with van der Waals surface area (Å²) in [6, 6.07) is 13.2. The van der Waals surface area contributed by atoms with Crippen molar-refractivity contribution in [3.8, 4) is 16.9 Å². The third-order valence-corrected chi connectivity index (χ3v) is 5.32. The van der Waals surface area contributed by atoms with Crippen LogP contribution in [0.1, 0.15) is 22.8 Å². The summed E-state index contributed by atoms with van der Waals surface area (Å²) < 4.78 is 10.4. The average molecular weight is 452 g/mol. The lowest BCUT2D eigenvalue weighted by Gasteiger charge is -2.08. The molecule has 0 radical (unpaired) electrons. The van der Waals surface area contributed by atoms with E-state index < -0.39 is 16.8 Å². The van der Waals surface area contributed by atoms with Crippen molar-refractivity contribution in [2.24, 2.45) is 0 Å². The largest absolute Gasteiger partial charge is 0.496 e. The highest BCUT2D eigenvalue weighted by Crippen LogP contribution is 2.37. The quantitative estimate of drug-likeness (QED) is 0.219. The molecule has 164 valence electrons. The van der Waals surface area contributed by atoms with Gasteiger partial charge in [0.25, 0.3) is 5.69 Å². The summed E-state index contributed by atoms with van der Waals surface area (Å²) in [5.74, 6) is -0.457. The van der Waals surface area contributed by atoms with Crippen molar-refractivity contribution in [1.82, 2.24) is 0 Å². The molecule has 3 aromatic rings. The number of anilines is 1. The summed E-state index contributed by atoms with van der Waals surface area (Å²) in [4.78, 5) is 35.8. The minimum atomic E-state index is -0.626. The molecule has 0 spiro atoms. The van der Waals surface area contributed by atoms with Gasteiger partial charge in [0.15, 0.2) is 0 Å². The molecule has 2 aromatic carbocycles. The maximum absolute atomic E-state index is 12.6. The summed E-state index contributed by atoms with van der Waals surface area (Å²) in [6.07, 6.45) is 2.94. The monoisotopic (exact) mass is 452 g/mol. The topological polar surface area (TPSA) is 108 Å². The number of nitro benzene ring substituents is 1. The number of non-ortho nitro benzene ring substituents is 1. The van der Waals surface area contributed by atoms with Crippen LogP contribution in [-0.2, 0) is 9.53 Å². The van der Waals surface area contributed by atoms with E-state index >= 15 is 0 Å². The fraction of sp³-hybridized carbons (Fsp3) is 0.130. The smallest absolute Gasteiger partial charge is 0.341 e. The van der Waals surface area contributed by atoms with Crippen molar-refractivity contribution in [2.45, 2.75) is 6.92 Å². The number of hydrogen-bond donors (Lipinski definition) is 1. The molecule has 0 aliphatic rings. The van der Waals surface area contributed by atoms with Gasteiger partial charge in [0, 0.05) is 34.7 Å². The first kappa shape index (κ1) is 22.7. The Kier molecular flexibility index (Phi) is 7.35. The highest BCUT2D eigenvalue weighted by molar-refractivity contribution is 7.15. The van der Waals surface area contributed by atoms with E-state index in [2.05, 4.69) is 5.32 Å². The summed E-state index contributed by atoms with van der Waals surface area (Å²) in [6.45, 7) is 1.82. The van der Waals surface area contributed by atoms with E-state index in [1.165, 1.54) is 24.3 Å². The molecule has 0 saturated heterocycles. The van der Waals surface area contributed by atoms with Gasteiger partial charge in [-0.1, -0.05) is 30.3 Å². The second kappa shape index (κ2) is 10.4. The first-order chi connectivity index (χ1) is 15.4. The molecular formula is C23H20N2O6S. The van der Waals surface area contributed by atoms with Crippen molar-refractivity contribution in [1.29, 1.82) is 0 Å². The predicted molar refractivity (Wildman–Crippen MR) is 123 cm³/mol. The molecule has 0 atom stereocenters. The Bertz CT molecular complexity index is 1180. The number of carbonyl (C=O) groups excluding carboxylic acids is 2. The van der Waals surface area contributed by atoms with Crippen molar-refractivity contribution in [3.05, 3.63) is 81.2 Å². The van der Waals surface area contributed by atoms with Crippen molar-refractivity contribution in [3.63, 3.8) is 0 Å². The molecule has 0 aliphatic carbocycles. The standard InChI is InChI=1S/C23H20N2O6S/c1-3-31-23(27)21-18(16-8-6-9-17(13-16)25(28)29)14-32-22(21)24-20(26)12-11-15-7-4-5-10-19(15)30-2/h4-14H,3H2,1-2H3,(H,24,26). The fourth-order valence-electron chi connectivity index (χ4n) is 2.98. The molecule has 1 N–H and O–H groups in total. The molecule has 0 aliphatic heterocycles. The van der Waals surface area contributed by atoms with Gasteiger partial charge < -0.3 is 14.8 Å². The van der Waals surface area contributed by atoms with Gasteiger partial charge in [-0.05, 0) is 24.6 Å². The molecule has 0 unspecified atom stereocenters. The first-order valence-electron chi connectivity index (χ1n) is 9.60. The molecule has 1 heterocycles. The van der Waals surface area contributed by atoms with Gasteiger partial charge in [-0.15, -0.1) is 11.3 Å². The van der Waals surface area contributed by atoms with Crippen LogP contribution in [-0.4, -0.2) is 30.5 Å². The maximum Gasteiger partial charge on any atom is 0.341 e. The second-order valence-electron chi connectivity index (χ2n) is 6.45. The lowest BCUT2D eigenvalue weighted by molar-refractivity contribution is -0.384. The molecule has 1 amide bonds. The van der Waals surface area contributed by atoms with Crippen molar-refractivity contribution < 1.29 is 24.0 Å². The van der Waals surface area contributed by atoms with Gasteiger partial charge in [-0.3, -0.25) is 14.9 Å². The number of nitrogens with one attached hydrogen (secondary N) is 1. The lowest BCUT2D eigenvalue weighted by atomic mass is 10.0. The van der Waals surface area contributed by atoms with Crippen molar-refractivity contribution in [2.75, 3.05) is 19.0 Å². The number of nitrogens with zero attached hydrogens (tertiary/aromatic N) is 1. The van der Waals surface area contributed by atoms with Gasteiger partial charge in [0.1, 0.15) is 16.3 Å². The van der Waals surface area contributed by atoms with Crippen LogP contribution in [0.2, 0.25) is 0 Å². The summed E-state index contributed by atoms with van der Waals surface area (Å²) >= 11 is 1.14. The molecule has 8 nitrogen and oxygen atoms in total. The number of hydrogen-bond acceptors (Lipinski definition) is 7. The Labute approximate surface area is 188 Å². The first-order valence-corrected chi connectivity index (χ1v) is 10.5. The van der Waals surface area contributed by atoms with Crippen LogP contribution in [0.15, 0.2) is 60.0 Å². The number of carbonyl (C=O) groups is 2. The van der Waals surface area contributed by atoms with E-state index in [0.29, 0.717) is 21.9 Å². The Hall–Kier alpha value is -3.98. The number of nitro groups is 1. The SMILES string of the molecule is CCOC(=O)c1c(-c2cccc([N+](=O)[O-])c2)csc1NC(=O)C=Cc1ccccc1OC. The van der Waals surface area contributed by atoms with Crippen LogP contribution in [0.25, 0.3) is 17.2 Å². The van der Waals surface area contributed by atoms with Crippen molar-refractivity contribution >= 4 is 40.0 Å². The molecule has 1 aromatic heterocycles. The van der Waals surface area contributed by atoms with Gasteiger partial charge in [0.05, 0.1) is 18.6 Å². The lowest BCUT2D eigenvalue weighted by Crippen LogP contribution is -2.12. The number of para-hydroxylation sites is 1. The Balaban J connectivity index is 1.92. The molecular weight excluding hydrogens is 432 g/mol. The number of benzene rings is 2. The molecule has 3 rings (SSSR count). The van der Waals surface area contributed by atoms with Crippen LogP contribution < -0.4 is 10.1 Å². The zero-order valence-electron chi connectivity index (χ0n) is 17.4. The second-order valence-corrected chi connectivity index (χ2v) is 7.33. The molecule has 0 bridgehead atoms. The highest BCUT2D eigenvalue weighted by Gasteiger charge is 2.23. The van der Waals surface area contributed by atoms with Crippen LogP contribution in [0, 0.1) is 10.1 Å². The van der Waals surface area contributed by atoms with Gasteiger partial charge in [0.2, 0.25) is 5.91 Å². The molecule has 32 heavy (non-hydrogen) atoms. The number of esters is 1. The van der Waals surface area contributed by atoms with Gasteiger partial charge in [-0.25, -0.2) is 4.79 Å². The molecule has 0 fully saturated rings. The minimum absolute atomic E-state index is 0.103. The highest BCUT2D eigenvalue weighted by atomic mass is 32.1. The predicted octanol–water partition coefficient (Wildman–Crippen LogP) is 5.16. The van der Waals surface area contributed by atoms with E-state index in [1.807, 2.05) is 12.1 Å². The normalized spacial score (nSPS) is 10.7. The summed E-state index contributed by atoms with van der Waals surface area (Å²) in [5, 5.41) is 15.8. The summed E-state index contributed by atoms with van der Waals surface area (Å²) in [5.41, 5.74) is 1.69. The number of thiophene rings is 1. The maximum atomic E-state index is 12.6. The third-order valence-electron chi connectivity index (χ3n) is 4.43. The Morgan fingerprint density at radius 1 is 1.19 bits per heavy atom. The molecule has 0 saturated carbocycles. The van der Waals surface area contributed by atoms with Crippen LogP contribution in [0.5, 0.6) is 5.75 Å². The van der Waals surface area contributed by atoms with E-state index in [1.54, 1.807) is 43.7 Å². The Morgan fingerprint density at radius 2 is 1.97 bits per heavy atom. The number of rotatable bonds is 8. The van der Waals surface area contributed by atoms with Crippen LogP contribution in [0.4, 0.5) is 10.7 Å². The number of methoxy groups -OCH3 is 1. The van der Waals surface area contributed by atoms with Crippen LogP contribution >= 0.6 is 11.3 Å². The zero-order valence-corrected chi connectivity index (χ0v) is 18.2. The summed E-state index contributed by atoms with van der Waals surface area (Å²) in [7, 11) is 1.54. The van der Waals surface area contributed by atoms with E-state index in [0.717, 1.165) is 16.9 Å². The third kappa shape index (κ3) is 5.19. The number of amides is 1. The van der Waals surface area contributed by atoms with E-state index in [-0.39, 0.29) is 17.9 Å². The zero-order chi connectivity index (χ0) is 23.1. The fourth-order valence-corrected chi connectivity index (χ4v) is 3.94. The average Bonchev–Trinajstić information content (AvgIpc) is 3.21. The van der Waals surface area contributed by atoms with Gasteiger partial charge >= 0.3 is 5.97 Å².